The van der Waals surface area contributed by atoms with E-state index in [9.17, 15) is 5.11 Å². The van der Waals surface area contributed by atoms with Gasteiger partial charge in [0, 0.05) is 25.9 Å². The second kappa shape index (κ2) is 5.04. The monoisotopic (exact) mass is 265 g/mol. The molecule has 0 aliphatic carbocycles. The zero-order chi connectivity index (χ0) is 15.2. The van der Waals surface area contributed by atoms with Gasteiger partial charge in [-0.25, -0.2) is 0 Å². The number of rotatable bonds is 2. The van der Waals surface area contributed by atoms with Gasteiger partial charge in [0.2, 0.25) is 0 Å². The van der Waals surface area contributed by atoms with Crippen LogP contribution in [0.1, 0.15) is 27.8 Å². The number of aromatic hydroxyl groups is 1. The number of aryl methyl sites for hydroxylation is 1. The topological polar surface area (TPSA) is 38.0 Å². The lowest BCUT2D eigenvalue weighted by atomic mass is 9.52. The van der Waals surface area contributed by atoms with E-state index < -0.39 is 0 Å². The molecule has 3 nitrogen and oxygen atoms in total. The van der Waals surface area contributed by atoms with Gasteiger partial charge in [-0.15, -0.1) is 0 Å². The summed E-state index contributed by atoms with van der Waals surface area (Å²) in [4.78, 5) is 0. The molecule has 0 unspecified atom stereocenters. The van der Waals surface area contributed by atoms with Crippen LogP contribution in [-0.4, -0.2) is 29.8 Å². The standard InChI is InChI=1S/C15H19B2N2O/c1-7-8(2)10(4)14(20)12(9(7)3)13-11(5)15(17-16)18-19(13)6/h20H,1-6H3. The van der Waals surface area contributed by atoms with Crippen molar-refractivity contribution in [2.45, 2.75) is 34.6 Å². The lowest BCUT2D eigenvalue weighted by molar-refractivity contribution is 0.471. The van der Waals surface area contributed by atoms with Crippen molar-refractivity contribution in [3.63, 3.8) is 0 Å². The molecule has 0 bridgehead atoms. The minimum atomic E-state index is 0.334. The Morgan fingerprint density at radius 2 is 1.50 bits per heavy atom. The van der Waals surface area contributed by atoms with Crippen LogP contribution in [-0.2, 0) is 7.05 Å². The molecule has 20 heavy (non-hydrogen) atoms. The third kappa shape index (κ3) is 1.96. The Morgan fingerprint density at radius 3 is 2.00 bits per heavy atom. The molecule has 2 aromatic rings. The first-order chi connectivity index (χ1) is 9.31. The Labute approximate surface area is 122 Å². The maximum absolute atomic E-state index is 10.6. The predicted octanol–water partition coefficient (Wildman–Crippen LogP) is 1.75. The van der Waals surface area contributed by atoms with Gasteiger partial charge in [0.15, 0.2) is 0 Å². The first kappa shape index (κ1) is 14.8. The lowest BCUT2D eigenvalue weighted by Gasteiger charge is -2.18. The van der Waals surface area contributed by atoms with E-state index in [4.69, 9.17) is 7.74 Å². The summed E-state index contributed by atoms with van der Waals surface area (Å²) in [5, 5.41) is 15.0. The van der Waals surface area contributed by atoms with Crippen molar-refractivity contribution in [3.05, 3.63) is 27.8 Å². The molecule has 0 aliphatic rings. The summed E-state index contributed by atoms with van der Waals surface area (Å²) >= 11 is 0. The Hall–Kier alpha value is -1.64. The van der Waals surface area contributed by atoms with Crippen molar-refractivity contribution < 1.29 is 5.11 Å². The fourth-order valence-electron chi connectivity index (χ4n) is 2.74. The Kier molecular flexibility index (Phi) is 3.72. The molecule has 3 radical (unpaired) electrons. The third-order valence-electron chi connectivity index (χ3n) is 4.37. The molecule has 1 aromatic carbocycles. The maximum Gasteiger partial charge on any atom is 0.128 e. The Balaban J connectivity index is 2.87. The van der Waals surface area contributed by atoms with E-state index in [2.05, 4.69) is 12.0 Å². The predicted molar refractivity (Wildman–Crippen MR) is 85.1 cm³/mol. The summed E-state index contributed by atoms with van der Waals surface area (Å²) in [6.07, 6.45) is 0. The summed E-state index contributed by atoms with van der Waals surface area (Å²) in [6, 6.07) is 0. The van der Waals surface area contributed by atoms with Gasteiger partial charge < -0.3 is 5.11 Å². The summed E-state index contributed by atoms with van der Waals surface area (Å²) in [5.74, 6) is 0.334. The van der Waals surface area contributed by atoms with Crippen LogP contribution in [0.5, 0.6) is 5.75 Å². The van der Waals surface area contributed by atoms with Gasteiger partial charge in [0.25, 0.3) is 0 Å². The normalized spacial score (nSPS) is 10.9. The minimum Gasteiger partial charge on any atom is -0.507 e. The summed E-state index contributed by atoms with van der Waals surface area (Å²) in [6.45, 7) is 10.1. The smallest absolute Gasteiger partial charge is 0.128 e. The van der Waals surface area contributed by atoms with Crippen LogP contribution >= 0.6 is 0 Å². The highest BCUT2D eigenvalue weighted by atomic mass is 16.3. The summed E-state index contributed by atoms with van der Waals surface area (Å²) < 4.78 is 1.78. The van der Waals surface area contributed by atoms with E-state index in [0.717, 1.165) is 39.1 Å². The number of phenols is 1. The van der Waals surface area contributed by atoms with Crippen molar-refractivity contribution in [2.24, 2.45) is 7.05 Å². The first-order valence-electron chi connectivity index (χ1n) is 6.69. The van der Waals surface area contributed by atoms with E-state index in [1.54, 1.807) is 4.68 Å². The van der Waals surface area contributed by atoms with E-state index in [0.29, 0.717) is 5.75 Å². The third-order valence-corrected chi connectivity index (χ3v) is 4.37. The molecule has 101 valence electrons. The van der Waals surface area contributed by atoms with Crippen LogP contribution in [0.3, 0.4) is 0 Å². The number of hydrogen-bond donors (Lipinski definition) is 1. The zero-order valence-corrected chi connectivity index (χ0v) is 13.0. The average Bonchev–Trinajstić information content (AvgIpc) is 2.70. The molecule has 0 atom stereocenters. The second-order valence-corrected chi connectivity index (χ2v) is 5.37. The van der Waals surface area contributed by atoms with Crippen molar-refractivity contribution >= 4 is 20.5 Å². The molecular formula is C15H19B2N2O. The van der Waals surface area contributed by atoms with Crippen LogP contribution in [0.2, 0.25) is 0 Å². The van der Waals surface area contributed by atoms with Crippen LogP contribution in [0, 0.1) is 34.6 Å². The fourth-order valence-corrected chi connectivity index (χ4v) is 2.74. The van der Waals surface area contributed by atoms with Crippen molar-refractivity contribution in [3.8, 4) is 17.0 Å². The highest BCUT2D eigenvalue weighted by Crippen LogP contribution is 2.39. The maximum atomic E-state index is 10.6. The van der Waals surface area contributed by atoms with Crippen molar-refractivity contribution in [2.75, 3.05) is 0 Å². The molecule has 0 saturated heterocycles. The fraction of sp³-hybridized carbons (Fsp3) is 0.400. The minimum absolute atomic E-state index is 0.334. The number of benzene rings is 1. The Morgan fingerprint density at radius 1 is 0.950 bits per heavy atom. The van der Waals surface area contributed by atoms with Crippen LogP contribution in [0.4, 0.5) is 0 Å². The molecule has 0 fully saturated rings. The average molecular weight is 265 g/mol. The van der Waals surface area contributed by atoms with Gasteiger partial charge in [0.05, 0.1) is 5.69 Å². The molecular weight excluding hydrogens is 246 g/mol. The van der Waals surface area contributed by atoms with Gasteiger partial charge in [-0.05, 0) is 62.4 Å². The summed E-state index contributed by atoms with van der Waals surface area (Å²) in [5.41, 5.74) is 7.84. The largest absolute Gasteiger partial charge is 0.507 e. The van der Waals surface area contributed by atoms with Crippen LogP contribution in [0.25, 0.3) is 11.3 Å². The number of hydrogen-bond acceptors (Lipinski definition) is 2. The van der Waals surface area contributed by atoms with E-state index in [1.807, 2.05) is 34.7 Å². The highest BCUT2D eigenvalue weighted by molar-refractivity contribution is 6.97. The van der Waals surface area contributed by atoms with Crippen LogP contribution in [0.15, 0.2) is 0 Å². The van der Waals surface area contributed by atoms with Gasteiger partial charge in [-0.2, -0.15) is 5.10 Å². The number of aromatic nitrogens is 2. The highest BCUT2D eigenvalue weighted by Gasteiger charge is 2.21. The van der Waals surface area contributed by atoms with Gasteiger partial charge >= 0.3 is 0 Å². The van der Waals surface area contributed by atoms with Gasteiger partial charge in [0.1, 0.15) is 12.9 Å². The Bertz CT molecular complexity index is 661. The van der Waals surface area contributed by atoms with Gasteiger partial charge in [-0.3, -0.25) is 4.68 Å². The molecule has 1 N–H and O–H groups in total. The molecule has 0 saturated carbocycles. The second-order valence-electron chi connectivity index (χ2n) is 5.37. The zero-order valence-electron chi connectivity index (χ0n) is 13.0. The molecule has 1 heterocycles. The van der Waals surface area contributed by atoms with E-state index in [-0.39, 0.29) is 0 Å². The van der Waals surface area contributed by atoms with E-state index in [1.165, 1.54) is 12.7 Å². The van der Waals surface area contributed by atoms with Crippen molar-refractivity contribution in [1.82, 2.24) is 9.78 Å². The SMILES string of the molecule is [B][B]c1nn(C)c(-c2c(C)c(C)c(C)c(C)c2O)c1C. The molecule has 1 aromatic heterocycles. The van der Waals surface area contributed by atoms with E-state index >= 15 is 0 Å². The van der Waals surface area contributed by atoms with Crippen LogP contribution < -0.4 is 5.59 Å². The summed E-state index contributed by atoms with van der Waals surface area (Å²) in [7, 11) is 8.98. The first-order valence-corrected chi connectivity index (χ1v) is 6.69. The molecule has 0 spiro atoms. The lowest BCUT2D eigenvalue weighted by Crippen LogP contribution is -2.19. The molecule has 0 aliphatic heterocycles. The molecule has 0 amide bonds. The number of phenolic OH excluding ortho intramolecular Hbond substituents is 1. The number of nitrogens with zero attached hydrogens (tertiary/aromatic N) is 2. The molecule has 2 rings (SSSR count). The van der Waals surface area contributed by atoms with Crippen molar-refractivity contribution in [1.29, 1.82) is 0 Å². The quantitative estimate of drug-likeness (QED) is 0.840. The van der Waals surface area contributed by atoms with Gasteiger partial charge in [-0.1, -0.05) is 0 Å². The molecule has 5 heteroatoms.